The Hall–Kier alpha value is -2.27. The van der Waals surface area contributed by atoms with Crippen LogP contribution in [0.4, 0.5) is 0 Å². The van der Waals surface area contributed by atoms with Crippen LogP contribution in [0.5, 0.6) is 0 Å². The topological polar surface area (TPSA) is 119 Å². The maximum absolute atomic E-state index is 12.2. The molecule has 1 heterocycles. The summed E-state index contributed by atoms with van der Waals surface area (Å²) >= 11 is 7.16. The first-order valence-electron chi connectivity index (χ1n) is 8.85. The van der Waals surface area contributed by atoms with Gasteiger partial charge in [0.25, 0.3) is 5.91 Å². The Morgan fingerprint density at radius 1 is 1.17 bits per heavy atom. The van der Waals surface area contributed by atoms with Crippen molar-refractivity contribution in [1.82, 2.24) is 10.0 Å². The van der Waals surface area contributed by atoms with E-state index < -0.39 is 34.5 Å². The lowest BCUT2D eigenvalue weighted by Gasteiger charge is -2.13. The summed E-state index contributed by atoms with van der Waals surface area (Å²) in [6.45, 7) is 1.21. The number of sulfonamides is 1. The van der Waals surface area contributed by atoms with E-state index in [0.29, 0.717) is 11.3 Å². The van der Waals surface area contributed by atoms with Gasteiger partial charge in [-0.2, -0.15) is 0 Å². The number of nitrogens with one attached hydrogen (secondary N) is 2. The van der Waals surface area contributed by atoms with E-state index in [0.717, 1.165) is 11.1 Å². The van der Waals surface area contributed by atoms with E-state index in [1.165, 1.54) is 24.3 Å². The molecular weight excluding hydrogens is 452 g/mol. The van der Waals surface area contributed by atoms with Gasteiger partial charge in [0.15, 0.2) is 6.61 Å². The molecule has 0 unspecified atom stereocenters. The third-order valence-electron chi connectivity index (χ3n) is 3.84. The third-order valence-corrected chi connectivity index (χ3v) is 6.08. The van der Waals surface area contributed by atoms with Crippen molar-refractivity contribution >= 4 is 50.6 Å². The first-order valence-corrected chi connectivity index (χ1v) is 11.9. The Labute approximate surface area is 183 Å². The number of carbonyl (C=O) groups is 3. The van der Waals surface area contributed by atoms with E-state index in [-0.39, 0.29) is 22.9 Å². The van der Waals surface area contributed by atoms with Crippen molar-refractivity contribution in [3.8, 4) is 0 Å². The van der Waals surface area contributed by atoms with Crippen LogP contribution in [0, 0.1) is 0 Å². The summed E-state index contributed by atoms with van der Waals surface area (Å²) in [6, 6.07) is 8.76. The summed E-state index contributed by atoms with van der Waals surface area (Å²) in [5.74, 6) is -1.67. The van der Waals surface area contributed by atoms with Gasteiger partial charge in [-0.15, -0.1) is 11.3 Å². The van der Waals surface area contributed by atoms with Gasteiger partial charge in [-0.05, 0) is 37.6 Å². The highest BCUT2D eigenvalue weighted by atomic mass is 35.5. The van der Waals surface area contributed by atoms with Crippen molar-refractivity contribution in [1.29, 1.82) is 0 Å². The Kier molecular flexibility index (Phi) is 8.54. The minimum Gasteiger partial charge on any atom is -0.456 e. The number of thiophene rings is 1. The van der Waals surface area contributed by atoms with Crippen LogP contribution >= 0.6 is 22.9 Å². The van der Waals surface area contributed by atoms with Crippen LogP contribution < -0.4 is 10.0 Å². The van der Waals surface area contributed by atoms with Gasteiger partial charge in [0, 0.05) is 11.4 Å². The van der Waals surface area contributed by atoms with Crippen molar-refractivity contribution in [2.75, 3.05) is 19.4 Å². The monoisotopic (exact) mass is 472 g/mol. The van der Waals surface area contributed by atoms with Crippen molar-refractivity contribution < 1.29 is 27.5 Å². The molecule has 0 radical (unpaired) electrons. The van der Waals surface area contributed by atoms with Gasteiger partial charge in [0.1, 0.15) is 6.04 Å². The molecule has 2 aromatic rings. The second-order valence-corrected chi connectivity index (χ2v) is 9.80. The van der Waals surface area contributed by atoms with Crippen LogP contribution in [-0.4, -0.2) is 51.5 Å². The standard InChI is InChI=1S/C19H21ClN2O6S2/c1-12(22-18(24)14-5-3-4-6-15(14)20)19(25)28-11-16(23)17-8-7-13(29-17)9-10-21-30(2,26)27/h3-8,12,21H,9-11H2,1-2H3,(H,22,24)/t12-/m0/s1. The number of halogens is 1. The highest BCUT2D eigenvalue weighted by molar-refractivity contribution is 7.88. The quantitative estimate of drug-likeness (QED) is 0.403. The smallest absolute Gasteiger partial charge is 0.328 e. The zero-order valence-electron chi connectivity index (χ0n) is 16.3. The fraction of sp³-hybridized carbons (Fsp3) is 0.316. The minimum absolute atomic E-state index is 0.227. The van der Waals surface area contributed by atoms with Gasteiger partial charge in [-0.1, -0.05) is 23.7 Å². The van der Waals surface area contributed by atoms with Gasteiger partial charge in [-0.25, -0.2) is 17.9 Å². The van der Waals surface area contributed by atoms with E-state index in [1.54, 1.807) is 30.3 Å². The average Bonchev–Trinajstić information content (AvgIpc) is 3.14. The van der Waals surface area contributed by atoms with Crippen molar-refractivity contribution in [3.63, 3.8) is 0 Å². The van der Waals surface area contributed by atoms with Gasteiger partial charge in [0.05, 0.1) is 21.7 Å². The lowest BCUT2D eigenvalue weighted by Crippen LogP contribution is -2.40. The summed E-state index contributed by atoms with van der Waals surface area (Å²) in [7, 11) is -3.27. The number of esters is 1. The fourth-order valence-electron chi connectivity index (χ4n) is 2.33. The third kappa shape index (κ3) is 7.52. The average molecular weight is 473 g/mol. The molecule has 0 fully saturated rings. The number of ether oxygens (including phenoxy) is 1. The van der Waals surface area contributed by atoms with Crippen molar-refractivity contribution in [3.05, 3.63) is 56.7 Å². The number of ketones is 1. The Balaban J connectivity index is 1.82. The van der Waals surface area contributed by atoms with Crippen LogP contribution in [0.1, 0.15) is 31.8 Å². The van der Waals surface area contributed by atoms with Crippen LogP contribution in [-0.2, 0) is 26.0 Å². The highest BCUT2D eigenvalue weighted by Gasteiger charge is 2.21. The molecule has 2 N–H and O–H groups in total. The molecule has 0 aliphatic rings. The largest absolute Gasteiger partial charge is 0.456 e. The van der Waals surface area contributed by atoms with Crippen molar-refractivity contribution in [2.24, 2.45) is 0 Å². The van der Waals surface area contributed by atoms with Gasteiger partial charge in [-0.3, -0.25) is 9.59 Å². The molecule has 1 atom stereocenters. The molecule has 0 spiro atoms. The molecule has 0 aliphatic carbocycles. The van der Waals surface area contributed by atoms with E-state index in [9.17, 15) is 22.8 Å². The lowest BCUT2D eigenvalue weighted by molar-refractivity contribution is -0.144. The van der Waals surface area contributed by atoms with E-state index >= 15 is 0 Å². The number of hydrogen-bond donors (Lipinski definition) is 2. The van der Waals surface area contributed by atoms with Crippen LogP contribution in [0.25, 0.3) is 0 Å². The normalized spacial score (nSPS) is 12.2. The SMILES string of the molecule is C[C@H](NC(=O)c1ccccc1Cl)C(=O)OCC(=O)c1ccc(CCNS(C)(=O)=O)s1. The Bertz CT molecular complexity index is 1040. The minimum atomic E-state index is -3.27. The maximum atomic E-state index is 12.2. The molecule has 0 bridgehead atoms. The van der Waals surface area contributed by atoms with Gasteiger partial charge in [0.2, 0.25) is 15.8 Å². The van der Waals surface area contributed by atoms with Gasteiger partial charge < -0.3 is 10.1 Å². The predicted molar refractivity (Wildman–Crippen MR) is 115 cm³/mol. The summed E-state index contributed by atoms with van der Waals surface area (Å²) in [6.07, 6.45) is 1.51. The second-order valence-electron chi connectivity index (χ2n) is 6.39. The molecule has 2 rings (SSSR count). The lowest BCUT2D eigenvalue weighted by atomic mass is 10.2. The molecule has 1 amide bonds. The number of Topliss-reactive ketones (excluding diaryl/α,β-unsaturated/α-hetero) is 1. The van der Waals surface area contributed by atoms with Crippen LogP contribution in [0.15, 0.2) is 36.4 Å². The molecule has 1 aromatic carbocycles. The number of amides is 1. The molecule has 30 heavy (non-hydrogen) atoms. The number of carbonyl (C=O) groups excluding carboxylic acids is 3. The molecule has 162 valence electrons. The fourth-order valence-corrected chi connectivity index (χ4v) is 3.96. The molecule has 11 heteroatoms. The maximum Gasteiger partial charge on any atom is 0.328 e. The van der Waals surface area contributed by atoms with Gasteiger partial charge >= 0.3 is 5.97 Å². The molecule has 0 aliphatic heterocycles. The highest BCUT2D eigenvalue weighted by Crippen LogP contribution is 2.18. The summed E-state index contributed by atoms with van der Waals surface area (Å²) in [5.41, 5.74) is 0.228. The Morgan fingerprint density at radius 2 is 1.87 bits per heavy atom. The summed E-state index contributed by atoms with van der Waals surface area (Å²) in [5, 5.41) is 2.73. The zero-order valence-corrected chi connectivity index (χ0v) is 18.7. The molecule has 0 saturated carbocycles. The molecular formula is C19H21ClN2O6S2. The van der Waals surface area contributed by atoms with E-state index in [2.05, 4.69) is 10.0 Å². The second kappa shape index (κ2) is 10.7. The summed E-state index contributed by atoms with van der Waals surface area (Å²) < 4.78 is 29.5. The molecule has 0 saturated heterocycles. The number of rotatable bonds is 10. The number of benzene rings is 1. The van der Waals surface area contributed by atoms with E-state index in [4.69, 9.17) is 16.3 Å². The first-order chi connectivity index (χ1) is 14.1. The Morgan fingerprint density at radius 3 is 2.53 bits per heavy atom. The number of hydrogen-bond acceptors (Lipinski definition) is 7. The molecule has 8 nitrogen and oxygen atoms in total. The molecule has 1 aromatic heterocycles. The first kappa shape index (κ1) is 24.0. The van der Waals surface area contributed by atoms with Crippen LogP contribution in [0.2, 0.25) is 5.02 Å². The van der Waals surface area contributed by atoms with Crippen LogP contribution in [0.3, 0.4) is 0 Å². The predicted octanol–water partition coefficient (Wildman–Crippen LogP) is 2.04. The van der Waals surface area contributed by atoms with Crippen molar-refractivity contribution in [2.45, 2.75) is 19.4 Å². The summed E-state index contributed by atoms with van der Waals surface area (Å²) in [4.78, 5) is 37.7. The van der Waals surface area contributed by atoms with E-state index in [1.807, 2.05) is 0 Å². The zero-order chi connectivity index (χ0) is 22.3.